The molecule has 1 aromatic heterocycles. The first kappa shape index (κ1) is 24.6. The highest BCUT2D eigenvalue weighted by Gasteiger charge is 2.08. The van der Waals surface area contributed by atoms with Crippen molar-refractivity contribution in [1.29, 1.82) is 0 Å². The van der Waals surface area contributed by atoms with Crippen molar-refractivity contribution in [3.63, 3.8) is 0 Å². The molecule has 2 aromatic carbocycles. The lowest BCUT2D eigenvalue weighted by molar-refractivity contribution is -0.119. The van der Waals surface area contributed by atoms with Crippen LogP contribution in [0, 0.1) is 11.7 Å². The summed E-state index contributed by atoms with van der Waals surface area (Å²) < 4.78 is 13.1. The second kappa shape index (κ2) is 12.2. The zero-order valence-electron chi connectivity index (χ0n) is 17.6. The lowest BCUT2D eigenvalue weighted by Crippen LogP contribution is -2.29. The molecule has 31 heavy (non-hydrogen) atoms. The van der Waals surface area contributed by atoms with Gasteiger partial charge in [0.1, 0.15) is 11.6 Å². The summed E-state index contributed by atoms with van der Waals surface area (Å²) in [4.78, 5) is 20.2. The summed E-state index contributed by atoms with van der Waals surface area (Å²) in [7, 11) is 0. The number of nitrogens with one attached hydrogen (secondary N) is 2. The van der Waals surface area contributed by atoms with E-state index in [1.54, 1.807) is 30.3 Å². The van der Waals surface area contributed by atoms with Gasteiger partial charge in [-0.15, -0.1) is 0 Å². The normalized spacial score (nSPS) is 10.3. The largest absolute Gasteiger partial charge is 0.361 e. The van der Waals surface area contributed by atoms with E-state index in [0.29, 0.717) is 28.6 Å². The minimum Gasteiger partial charge on any atom is -0.361 e. The van der Waals surface area contributed by atoms with E-state index in [1.807, 2.05) is 12.1 Å². The number of carbonyl (C=O) groups excluding carboxylic acids is 1. The second-order valence-electron chi connectivity index (χ2n) is 7.40. The molecule has 0 aliphatic heterocycles. The van der Waals surface area contributed by atoms with Crippen LogP contribution in [0.5, 0.6) is 0 Å². The van der Waals surface area contributed by atoms with Crippen molar-refractivity contribution in [1.82, 2.24) is 15.3 Å². The Balaban J connectivity index is 0.000000785. The third-order valence-corrected chi connectivity index (χ3v) is 4.09. The van der Waals surface area contributed by atoms with Gasteiger partial charge in [-0.2, -0.15) is 0 Å². The molecule has 0 fully saturated rings. The Bertz CT molecular complexity index is 977. The molecule has 0 aliphatic rings. The summed E-state index contributed by atoms with van der Waals surface area (Å²) in [6.45, 7) is 6.91. The summed E-state index contributed by atoms with van der Waals surface area (Å²) in [6.07, 6.45) is 0. The zero-order valence-corrected chi connectivity index (χ0v) is 19.1. The van der Waals surface area contributed by atoms with Gasteiger partial charge in [0.25, 0.3) is 0 Å². The van der Waals surface area contributed by atoms with Crippen LogP contribution < -0.4 is 10.6 Å². The van der Waals surface area contributed by atoms with Gasteiger partial charge >= 0.3 is 0 Å². The molecule has 1 amide bonds. The van der Waals surface area contributed by atoms with Crippen molar-refractivity contribution < 1.29 is 9.18 Å². The van der Waals surface area contributed by atoms with Crippen LogP contribution in [0.25, 0.3) is 11.3 Å². The standard InChI is InChI=1S/C19H15Cl2FN4O.C4H10/c20-14-5-1-12(2-6-14)10-24-18(27)11-23-17-9-16(25-19(21)26-17)13-3-7-15(22)8-4-13;1-4(2)3/h1-9H,10-11H2,(H,24,27)(H,23,25,26);4H,1-3H3. The molecule has 0 bridgehead atoms. The van der Waals surface area contributed by atoms with Gasteiger partial charge in [0.05, 0.1) is 12.2 Å². The van der Waals surface area contributed by atoms with Gasteiger partial charge in [0.2, 0.25) is 11.2 Å². The number of halogens is 3. The minimum absolute atomic E-state index is 0.0176. The lowest BCUT2D eigenvalue weighted by atomic mass is 10.1. The molecule has 164 valence electrons. The molecular weight excluding hydrogens is 438 g/mol. The van der Waals surface area contributed by atoms with Crippen LogP contribution in [0.1, 0.15) is 26.3 Å². The SMILES string of the molecule is CC(C)C.O=C(CNc1cc(-c2ccc(F)cc2)nc(Cl)n1)NCc1ccc(Cl)cc1. The molecule has 0 aliphatic carbocycles. The number of hydrogen-bond donors (Lipinski definition) is 2. The Labute approximate surface area is 192 Å². The van der Waals surface area contributed by atoms with Gasteiger partial charge < -0.3 is 10.6 Å². The van der Waals surface area contributed by atoms with Gasteiger partial charge in [0, 0.05) is 23.2 Å². The van der Waals surface area contributed by atoms with Crippen LogP contribution >= 0.6 is 23.2 Å². The Morgan fingerprint density at radius 3 is 2.23 bits per heavy atom. The molecule has 1 heterocycles. The van der Waals surface area contributed by atoms with Crippen LogP contribution in [0.2, 0.25) is 10.3 Å². The molecule has 8 heteroatoms. The summed E-state index contributed by atoms with van der Waals surface area (Å²) in [5, 5.41) is 6.37. The molecule has 0 saturated heterocycles. The van der Waals surface area contributed by atoms with Crippen molar-refractivity contribution in [3.8, 4) is 11.3 Å². The van der Waals surface area contributed by atoms with Crippen LogP contribution in [0.4, 0.5) is 10.2 Å². The maximum absolute atomic E-state index is 13.1. The Morgan fingerprint density at radius 1 is 1.00 bits per heavy atom. The van der Waals surface area contributed by atoms with Crippen LogP contribution in [0.3, 0.4) is 0 Å². The number of nitrogens with zero attached hydrogens (tertiary/aromatic N) is 2. The molecule has 0 atom stereocenters. The fourth-order valence-electron chi connectivity index (χ4n) is 2.31. The topological polar surface area (TPSA) is 66.9 Å². The molecule has 0 saturated carbocycles. The van der Waals surface area contributed by atoms with Crippen LogP contribution in [-0.4, -0.2) is 22.4 Å². The Hall–Kier alpha value is -2.70. The van der Waals surface area contributed by atoms with Crippen molar-refractivity contribution in [2.75, 3.05) is 11.9 Å². The highest BCUT2D eigenvalue weighted by Crippen LogP contribution is 2.21. The van der Waals surface area contributed by atoms with E-state index in [1.165, 1.54) is 12.1 Å². The highest BCUT2D eigenvalue weighted by atomic mass is 35.5. The summed E-state index contributed by atoms with van der Waals surface area (Å²) in [5.41, 5.74) is 2.16. The number of anilines is 1. The maximum Gasteiger partial charge on any atom is 0.239 e. The van der Waals surface area contributed by atoms with Gasteiger partial charge in [-0.3, -0.25) is 4.79 Å². The first-order valence-corrected chi connectivity index (χ1v) is 10.5. The highest BCUT2D eigenvalue weighted by molar-refractivity contribution is 6.30. The molecule has 2 N–H and O–H groups in total. The lowest BCUT2D eigenvalue weighted by Gasteiger charge is -2.09. The first-order valence-electron chi connectivity index (χ1n) is 9.78. The quantitative estimate of drug-likeness (QED) is 0.442. The summed E-state index contributed by atoms with van der Waals surface area (Å²) >= 11 is 11.8. The second-order valence-corrected chi connectivity index (χ2v) is 8.18. The molecule has 3 rings (SSSR count). The van der Waals surface area contributed by atoms with E-state index in [4.69, 9.17) is 23.2 Å². The first-order chi connectivity index (χ1) is 14.7. The van der Waals surface area contributed by atoms with Crippen LogP contribution in [0.15, 0.2) is 54.6 Å². The van der Waals surface area contributed by atoms with E-state index >= 15 is 0 Å². The van der Waals surface area contributed by atoms with Crippen molar-refractivity contribution in [2.24, 2.45) is 5.92 Å². The third-order valence-electron chi connectivity index (χ3n) is 3.67. The van der Waals surface area contributed by atoms with Crippen molar-refractivity contribution in [3.05, 3.63) is 76.3 Å². The monoisotopic (exact) mass is 462 g/mol. The number of carbonyl (C=O) groups is 1. The van der Waals surface area contributed by atoms with Gasteiger partial charge in [-0.25, -0.2) is 14.4 Å². The number of aromatic nitrogens is 2. The Kier molecular flexibility index (Phi) is 9.69. The average molecular weight is 463 g/mol. The third kappa shape index (κ3) is 9.32. The van der Waals surface area contributed by atoms with Gasteiger partial charge in [-0.05, 0) is 59.5 Å². The fourth-order valence-corrected chi connectivity index (χ4v) is 2.62. The van der Waals surface area contributed by atoms with Crippen LogP contribution in [-0.2, 0) is 11.3 Å². The number of amides is 1. The molecular formula is C23H25Cl2FN4O. The fraction of sp³-hybridized carbons (Fsp3) is 0.261. The summed E-state index contributed by atoms with van der Waals surface area (Å²) in [5.74, 6) is 0.689. The van der Waals surface area contributed by atoms with Gasteiger partial charge in [0.15, 0.2) is 0 Å². The minimum atomic E-state index is -0.338. The molecule has 0 radical (unpaired) electrons. The predicted molar refractivity (Wildman–Crippen MR) is 125 cm³/mol. The molecule has 0 spiro atoms. The van der Waals surface area contributed by atoms with E-state index in [-0.39, 0.29) is 23.6 Å². The maximum atomic E-state index is 13.1. The molecule has 5 nitrogen and oxygen atoms in total. The number of hydrogen-bond acceptors (Lipinski definition) is 4. The number of benzene rings is 2. The number of rotatable bonds is 6. The van der Waals surface area contributed by atoms with Crippen molar-refractivity contribution in [2.45, 2.75) is 27.3 Å². The Morgan fingerprint density at radius 2 is 1.61 bits per heavy atom. The van der Waals surface area contributed by atoms with E-state index < -0.39 is 0 Å². The summed E-state index contributed by atoms with van der Waals surface area (Å²) in [6, 6.07) is 14.7. The smallest absolute Gasteiger partial charge is 0.239 e. The van der Waals surface area contributed by atoms with E-state index in [0.717, 1.165) is 11.5 Å². The van der Waals surface area contributed by atoms with Crippen molar-refractivity contribution >= 4 is 34.9 Å². The van der Waals surface area contributed by atoms with E-state index in [9.17, 15) is 9.18 Å². The molecule has 0 unspecified atom stereocenters. The zero-order chi connectivity index (χ0) is 22.8. The van der Waals surface area contributed by atoms with E-state index in [2.05, 4.69) is 41.4 Å². The predicted octanol–water partition coefficient (Wildman–Crippen LogP) is 5.98. The average Bonchev–Trinajstić information content (AvgIpc) is 2.71. The molecule has 3 aromatic rings. The van der Waals surface area contributed by atoms with Gasteiger partial charge in [-0.1, -0.05) is 44.5 Å².